The van der Waals surface area contributed by atoms with Gasteiger partial charge in [0.1, 0.15) is 12.3 Å². The average molecular weight is 375 g/mol. The minimum atomic E-state index is -0.151. The summed E-state index contributed by atoms with van der Waals surface area (Å²) in [6, 6.07) is 14.7. The van der Waals surface area contributed by atoms with Crippen molar-refractivity contribution in [3.05, 3.63) is 66.6 Å². The lowest BCUT2D eigenvalue weighted by Crippen LogP contribution is -2.29. The molecule has 8 heteroatoms. The number of ether oxygens (including phenoxy) is 1. The maximum atomic E-state index is 12.1. The number of pyridine rings is 1. The van der Waals surface area contributed by atoms with Crippen molar-refractivity contribution in [2.24, 2.45) is 0 Å². The Morgan fingerprint density at radius 1 is 1.04 bits per heavy atom. The number of hydrogen-bond acceptors (Lipinski definition) is 7. The molecule has 1 aromatic carbocycles. The predicted molar refractivity (Wildman–Crippen MR) is 101 cm³/mol. The van der Waals surface area contributed by atoms with Crippen LogP contribution in [0.2, 0.25) is 0 Å². The first kappa shape index (κ1) is 17.6. The molecule has 0 atom stereocenters. The van der Waals surface area contributed by atoms with E-state index in [0.717, 1.165) is 16.6 Å². The molecule has 0 aliphatic heterocycles. The largest absolute Gasteiger partial charge is 0.475 e. The first-order valence-corrected chi connectivity index (χ1v) is 8.76. The van der Waals surface area contributed by atoms with Crippen molar-refractivity contribution in [2.45, 2.75) is 6.42 Å². The molecule has 1 N–H and O–H groups in total. The Kier molecular flexibility index (Phi) is 5.19. The van der Waals surface area contributed by atoms with Crippen molar-refractivity contribution in [1.82, 2.24) is 25.7 Å². The highest BCUT2D eigenvalue weighted by Crippen LogP contribution is 2.18. The first-order chi connectivity index (χ1) is 13.8. The Morgan fingerprint density at radius 2 is 1.89 bits per heavy atom. The second-order valence-electron chi connectivity index (χ2n) is 5.99. The Morgan fingerprint density at radius 3 is 2.71 bits per heavy atom. The molecular formula is C20H17N5O3. The standard InChI is InChI=1S/C20H17N5O3/c26-19(13-17-15-3-1-2-4-18(15)28-25-17)22-11-12-27-20-6-5-16(23-24-20)14-7-9-21-10-8-14/h1-10H,11-13H2,(H,22,26). The van der Waals surface area contributed by atoms with Crippen LogP contribution in [-0.2, 0) is 11.2 Å². The third-order valence-electron chi connectivity index (χ3n) is 4.07. The lowest BCUT2D eigenvalue weighted by molar-refractivity contribution is -0.120. The number of carbonyl (C=O) groups excluding carboxylic acids is 1. The van der Waals surface area contributed by atoms with Gasteiger partial charge >= 0.3 is 0 Å². The van der Waals surface area contributed by atoms with E-state index in [2.05, 4.69) is 25.7 Å². The highest BCUT2D eigenvalue weighted by Gasteiger charge is 2.11. The van der Waals surface area contributed by atoms with E-state index < -0.39 is 0 Å². The summed E-state index contributed by atoms with van der Waals surface area (Å²) in [7, 11) is 0. The zero-order valence-corrected chi connectivity index (χ0v) is 14.9. The van der Waals surface area contributed by atoms with Gasteiger partial charge in [0.2, 0.25) is 11.8 Å². The monoisotopic (exact) mass is 375 g/mol. The number of amides is 1. The lowest BCUT2D eigenvalue weighted by atomic mass is 10.2. The van der Waals surface area contributed by atoms with Crippen molar-refractivity contribution < 1.29 is 14.1 Å². The normalized spacial score (nSPS) is 10.7. The van der Waals surface area contributed by atoms with Gasteiger partial charge < -0.3 is 14.6 Å². The zero-order valence-electron chi connectivity index (χ0n) is 14.9. The molecule has 28 heavy (non-hydrogen) atoms. The van der Waals surface area contributed by atoms with E-state index in [4.69, 9.17) is 9.26 Å². The van der Waals surface area contributed by atoms with Gasteiger partial charge in [0.25, 0.3) is 0 Å². The van der Waals surface area contributed by atoms with Crippen molar-refractivity contribution >= 4 is 16.9 Å². The van der Waals surface area contributed by atoms with Crippen LogP contribution < -0.4 is 10.1 Å². The Bertz CT molecular complexity index is 1060. The molecule has 0 saturated heterocycles. The van der Waals surface area contributed by atoms with Crippen LogP contribution in [0.25, 0.3) is 22.2 Å². The van der Waals surface area contributed by atoms with Gasteiger partial charge in [-0.25, -0.2) is 0 Å². The molecule has 4 rings (SSSR count). The molecule has 3 heterocycles. The van der Waals surface area contributed by atoms with Crippen LogP contribution in [0.15, 0.2) is 65.4 Å². The number of carbonyl (C=O) groups is 1. The van der Waals surface area contributed by atoms with E-state index in [-0.39, 0.29) is 18.9 Å². The highest BCUT2D eigenvalue weighted by molar-refractivity contribution is 5.86. The van der Waals surface area contributed by atoms with Gasteiger partial charge in [-0.1, -0.05) is 17.3 Å². The number of nitrogens with one attached hydrogen (secondary N) is 1. The maximum Gasteiger partial charge on any atom is 0.233 e. The van der Waals surface area contributed by atoms with Gasteiger partial charge in [-0.15, -0.1) is 10.2 Å². The minimum absolute atomic E-state index is 0.150. The second kappa shape index (κ2) is 8.26. The molecule has 0 spiro atoms. The first-order valence-electron chi connectivity index (χ1n) is 8.76. The van der Waals surface area contributed by atoms with Crippen molar-refractivity contribution in [2.75, 3.05) is 13.2 Å². The van der Waals surface area contributed by atoms with Crippen LogP contribution in [0.4, 0.5) is 0 Å². The van der Waals surface area contributed by atoms with Crippen LogP contribution in [0.1, 0.15) is 5.69 Å². The molecule has 0 unspecified atom stereocenters. The van der Waals surface area contributed by atoms with E-state index in [9.17, 15) is 4.79 Å². The average Bonchev–Trinajstić information content (AvgIpc) is 3.15. The molecule has 0 bridgehead atoms. The van der Waals surface area contributed by atoms with Gasteiger partial charge in [-0.2, -0.15) is 0 Å². The summed E-state index contributed by atoms with van der Waals surface area (Å²) in [5.41, 5.74) is 2.96. The van der Waals surface area contributed by atoms with Crippen LogP contribution >= 0.6 is 0 Å². The van der Waals surface area contributed by atoms with E-state index in [1.54, 1.807) is 18.5 Å². The summed E-state index contributed by atoms with van der Waals surface area (Å²) < 4.78 is 10.7. The number of hydrogen-bond donors (Lipinski definition) is 1. The lowest BCUT2D eigenvalue weighted by Gasteiger charge is -2.07. The Balaban J connectivity index is 1.24. The molecule has 4 aromatic rings. The van der Waals surface area contributed by atoms with Gasteiger partial charge in [-0.3, -0.25) is 9.78 Å². The van der Waals surface area contributed by atoms with Crippen LogP contribution in [-0.4, -0.2) is 39.4 Å². The molecule has 0 radical (unpaired) electrons. The predicted octanol–water partition coefficient (Wildman–Crippen LogP) is 2.42. The number of para-hydroxylation sites is 1. The number of rotatable bonds is 7. The maximum absolute atomic E-state index is 12.1. The molecule has 0 aliphatic rings. The summed E-state index contributed by atoms with van der Waals surface area (Å²) in [5.74, 6) is 0.247. The number of aromatic nitrogens is 4. The minimum Gasteiger partial charge on any atom is -0.475 e. The van der Waals surface area contributed by atoms with E-state index in [0.29, 0.717) is 23.7 Å². The molecule has 3 aromatic heterocycles. The van der Waals surface area contributed by atoms with Gasteiger partial charge in [0, 0.05) is 29.4 Å². The summed E-state index contributed by atoms with van der Waals surface area (Å²) in [4.78, 5) is 16.1. The van der Waals surface area contributed by atoms with Crippen LogP contribution in [0.5, 0.6) is 5.88 Å². The SMILES string of the molecule is O=C(Cc1noc2ccccc12)NCCOc1ccc(-c2ccncc2)nn1. The molecule has 8 nitrogen and oxygen atoms in total. The highest BCUT2D eigenvalue weighted by atomic mass is 16.5. The number of benzene rings is 1. The number of fused-ring (bicyclic) bond motifs is 1. The van der Waals surface area contributed by atoms with Crippen LogP contribution in [0.3, 0.4) is 0 Å². The zero-order chi connectivity index (χ0) is 19.2. The van der Waals surface area contributed by atoms with E-state index >= 15 is 0 Å². The van der Waals surface area contributed by atoms with Crippen molar-refractivity contribution in [3.8, 4) is 17.1 Å². The third-order valence-corrected chi connectivity index (χ3v) is 4.07. The fourth-order valence-electron chi connectivity index (χ4n) is 2.70. The molecule has 0 saturated carbocycles. The second-order valence-corrected chi connectivity index (χ2v) is 5.99. The fourth-order valence-corrected chi connectivity index (χ4v) is 2.70. The smallest absolute Gasteiger partial charge is 0.233 e. The Hall–Kier alpha value is -3.81. The summed E-state index contributed by atoms with van der Waals surface area (Å²) in [6.07, 6.45) is 3.55. The van der Waals surface area contributed by atoms with E-state index in [1.807, 2.05) is 42.5 Å². The number of nitrogens with zero attached hydrogens (tertiary/aromatic N) is 4. The summed E-state index contributed by atoms with van der Waals surface area (Å²) in [5, 5.41) is 15.8. The quantitative estimate of drug-likeness (QED) is 0.495. The topological polar surface area (TPSA) is 103 Å². The van der Waals surface area contributed by atoms with Gasteiger partial charge in [0.15, 0.2) is 5.58 Å². The van der Waals surface area contributed by atoms with Crippen LogP contribution in [0, 0.1) is 0 Å². The summed E-state index contributed by atoms with van der Waals surface area (Å²) in [6.45, 7) is 0.636. The molecule has 140 valence electrons. The fraction of sp³-hybridized carbons (Fsp3) is 0.150. The summed E-state index contributed by atoms with van der Waals surface area (Å²) >= 11 is 0. The third kappa shape index (κ3) is 4.12. The van der Waals surface area contributed by atoms with Crippen molar-refractivity contribution in [3.63, 3.8) is 0 Å². The molecular weight excluding hydrogens is 358 g/mol. The van der Waals surface area contributed by atoms with Crippen molar-refractivity contribution in [1.29, 1.82) is 0 Å². The van der Waals surface area contributed by atoms with Gasteiger partial charge in [-0.05, 0) is 30.3 Å². The van der Waals surface area contributed by atoms with E-state index in [1.165, 1.54) is 0 Å². The van der Waals surface area contributed by atoms with Gasteiger partial charge in [0.05, 0.1) is 18.7 Å². The molecule has 1 amide bonds. The Labute approximate surface area is 160 Å². The molecule has 0 aliphatic carbocycles. The molecule has 0 fully saturated rings.